The Morgan fingerprint density at radius 3 is 2.53 bits per heavy atom. The van der Waals surface area contributed by atoms with Crippen molar-refractivity contribution in [1.82, 2.24) is 0 Å². The summed E-state index contributed by atoms with van der Waals surface area (Å²) in [5.41, 5.74) is 2.90. The number of aryl methyl sites for hydroxylation is 1. The van der Waals surface area contributed by atoms with Crippen LogP contribution in [-0.2, 0) is 27.6 Å². The predicted octanol–water partition coefficient (Wildman–Crippen LogP) is 2.24. The number of hydrogen-bond donors (Lipinski definition) is 1. The number of thiol groups is 1. The molecule has 0 heterocycles. The third-order valence-corrected chi connectivity index (χ3v) is 3.76. The summed E-state index contributed by atoms with van der Waals surface area (Å²) in [6, 6.07) is 3.55. The summed E-state index contributed by atoms with van der Waals surface area (Å²) < 4.78 is 26.7. The van der Waals surface area contributed by atoms with Crippen molar-refractivity contribution in [2.45, 2.75) is 38.9 Å². The van der Waals surface area contributed by atoms with E-state index in [1.807, 2.05) is 6.07 Å². The van der Waals surface area contributed by atoms with Crippen molar-refractivity contribution in [1.29, 1.82) is 0 Å². The minimum atomic E-state index is -2.51. The van der Waals surface area contributed by atoms with E-state index in [2.05, 4.69) is 6.92 Å². The lowest BCUT2D eigenvalue weighted by Crippen LogP contribution is -2.09. The molecule has 0 bridgehead atoms. The van der Waals surface area contributed by atoms with Gasteiger partial charge in [-0.1, -0.05) is 19.4 Å². The molecule has 0 aliphatic rings. The van der Waals surface area contributed by atoms with Crippen LogP contribution in [0.1, 0.15) is 46.8 Å². The van der Waals surface area contributed by atoms with Gasteiger partial charge in [-0.25, -0.2) is 13.2 Å². The molecule has 0 amide bonds. The highest BCUT2D eigenvalue weighted by atomic mass is 32.2. The molecule has 0 spiro atoms. The first-order valence-electron chi connectivity index (χ1n) is 6.32. The van der Waals surface area contributed by atoms with E-state index >= 15 is 0 Å². The van der Waals surface area contributed by atoms with Crippen LogP contribution in [0, 0.1) is 6.92 Å². The molecule has 1 aromatic rings. The number of esters is 1. The number of hydrogen-bond acceptors (Lipinski definition) is 4. The van der Waals surface area contributed by atoms with Crippen molar-refractivity contribution >= 4 is 16.7 Å². The van der Waals surface area contributed by atoms with Crippen LogP contribution in [0.4, 0.5) is 0 Å². The molecule has 4 nitrogen and oxygen atoms in total. The minimum absolute atomic E-state index is 0.0228. The lowest BCUT2D eigenvalue weighted by molar-refractivity contribution is 0.0599. The van der Waals surface area contributed by atoms with E-state index in [1.165, 1.54) is 7.11 Å². The van der Waals surface area contributed by atoms with Crippen molar-refractivity contribution in [2.24, 2.45) is 0 Å². The van der Waals surface area contributed by atoms with E-state index in [4.69, 9.17) is 4.74 Å². The van der Waals surface area contributed by atoms with Crippen LogP contribution in [0.5, 0.6) is 0 Å². The fourth-order valence-electron chi connectivity index (χ4n) is 2.09. The van der Waals surface area contributed by atoms with Gasteiger partial charge in [-0.2, -0.15) is 0 Å². The molecule has 1 rings (SSSR count). The number of methoxy groups -OCH3 is 1. The van der Waals surface area contributed by atoms with Gasteiger partial charge in [-0.15, -0.1) is 0 Å². The fourth-order valence-corrected chi connectivity index (χ4v) is 2.79. The monoisotopic (exact) mass is 284 g/mol. The number of rotatable bonds is 6. The van der Waals surface area contributed by atoms with Crippen LogP contribution < -0.4 is 0 Å². The lowest BCUT2D eigenvalue weighted by Gasteiger charge is -2.13. The Morgan fingerprint density at radius 2 is 2.00 bits per heavy atom. The summed E-state index contributed by atoms with van der Waals surface area (Å²) in [5.74, 6) is -0.452. The number of benzene rings is 1. The van der Waals surface area contributed by atoms with Crippen molar-refractivity contribution in [3.8, 4) is 0 Å². The van der Waals surface area contributed by atoms with E-state index in [1.54, 1.807) is 13.0 Å². The minimum Gasteiger partial charge on any atom is -0.465 e. The molecule has 0 saturated heterocycles. The Hall–Kier alpha value is -1.36. The number of carbonyl (C=O) groups is 1. The van der Waals surface area contributed by atoms with Gasteiger partial charge in [0.2, 0.25) is 0 Å². The van der Waals surface area contributed by atoms with E-state index in [0.29, 0.717) is 11.1 Å². The van der Waals surface area contributed by atoms with Crippen LogP contribution in [0.25, 0.3) is 0 Å². The van der Waals surface area contributed by atoms with Gasteiger partial charge in [0.05, 0.1) is 18.4 Å². The molecular formula is C14H20O4S. The molecule has 106 valence electrons. The van der Waals surface area contributed by atoms with Gasteiger partial charge in [0.1, 0.15) is 10.7 Å². The molecule has 0 aromatic heterocycles. The van der Waals surface area contributed by atoms with E-state index < -0.39 is 16.7 Å². The summed E-state index contributed by atoms with van der Waals surface area (Å²) in [7, 11) is -1.19. The zero-order chi connectivity index (χ0) is 14.4. The van der Waals surface area contributed by atoms with Crippen molar-refractivity contribution in [2.75, 3.05) is 7.11 Å². The molecule has 1 aromatic carbocycles. The fraction of sp³-hybridized carbons (Fsp3) is 0.500. The maximum absolute atomic E-state index is 11.6. The molecule has 5 heteroatoms. The quantitative estimate of drug-likeness (QED) is 0.643. The third-order valence-electron chi connectivity index (χ3n) is 3.19. The maximum Gasteiger partial charge on any atom is 0.338 e. The molecule has 19 heavy (non-hydrogen) atoms. The highest BCUT2D eigenvalue weighted by Crippen LogP contribution is 2.22. The van der Waals surface area contributed by atoms with E-state index in [9.17, 15) is 13.2 Å². The molecule has 0 aliphatic carbocycles. The Kier molecular flexibility index (Phi) is 6.02. The first-order valence-corrected chi connectivity index (χ1v) is 7.69. The highest BCUT2D eigenvalue weighted by molar-refractivity contribution is 7.71. The molecule has 0 radical (unpaired) electrons. The molecular weight excluding hydrogens is 264 g/mol. The lowest BCUT2D eigenvalue weighted by atomic mass is 9.95. The second kappa shape index (κ2) is 7.28. The van der Waals surface area contributed by atoms with Gasteiger partial charge in [0.25, 0.3) is 0 Å². The summed E-state index contributed by atoms with van der Waals surface area (Å²) in [5, 5.41) is 0. The van der Waals surface area contributed by atoms with Crippen molar-refractivity contribution in [3.05, 3.63) is 34.4 Å². The second-order valence-electron chi connectivity index (χ2n) is 4.46. The van der Waals surface area contributed by atoms with Gasteiger partial charge in [-0.05, 0) is 42.5 Å². The van der Waals surface area contributed by atoms with Crippen LogP contribution in [0.15, 0.2) is 12.1 Å². The van der Waals surface area contributed by atoms with E-state index in [-0.39, 0.29) is 5.75 Å². The number of carbonyl (C=O) groups excluding carboxylic acids is 1. The summed E-state index contributed by atoms with van der Waals surface area (Å²) in [4.78, 5) is 11.6. The number of ether oxygens (including phenoxy) is 1. The standard InChI is InChI=1S/C14H20O4S/c1-4-5-6-11-7-8-12(14(15)18-3)10(2)13(11)9-19(16)17/h7-8,19H,4-6,9H2,1-3H3. The normalized spacial score (nSPS) is 10.7. The zero-order valence-corrected chi connectivity index (χ0v) is 12.5. The first kappa shape index (κ1) is 15.7. The summed E-state index contributed by atoms with van der Waals surface area (Å²) >= 11 is 0. The van der Waals surface area contributed by atoms with Crippen LogP contribution in [0.3, 0.4) is 0 Å². The van der Waals surface area contributed by atoms with Gasteiger partial charge >= 0.3 is 5.97 Å². The van der Waals surface area contributed by atoms with Crippen LogP contribution in [0.2, 0.25) is 0 Å². The smallest absolute Gasteiger partial charge is 0.338 e. The topological polar surface area (TPSA) is 60.4 Å². The van der Waals surface area contributed by atoms with Gasteiger partial charge < -0.3 is 4.74 Å². The highest BCUT2D eigenvalue weighted by Gasteiger charge is 2.15. The Labute approximate surface area is 115 Å². The molecule has 0 fully saturated rings. The van der Waals surface area contributed by atoms with Crippen LogP contribution >= 0.6 is 0 Å². The Morgan fingerprint density at radius 1 is 1.32 bits per heavy atom. The second-order valence-corrected chi connectivity index (χ2v) is 5.44. The van der Waals surface area contributed by atoms with Crippen LogP contribution in [-0.4, -0.2) is 21.5 Å². The summed E-state index contributed by atoms with van der Waals surface area (Å²) in [6.45, 7) is 3.86. The first-order chi connectivity index (χ1) is 9.01. The Bertz CT molecular complexity index is 524. The molecule has 0 saturated carbocycles. The average Bonchev–Trinajstić information content (AvgIpc) is 2.38. The van der Waals surface area contributed by atoms with Gasteiger partial charge in [0, 0.05) is 0 Å². The number of unbranched alkanes of at least 4 members (excludes halogenated alkanes) is 1. The average molecular weight is 284 g/mol. The van der Waals surface area contributed by atoms with E-state index in [0.717, 1.165) is 30.4 Å². The molecule has 0 N–H and O–H groups in total. The maximum atomic E-state index is 11.6. The van der Waals surface area contributed by atoms with Crippen molar-refractivity contribution in [3.63, 3.8) is 0 Å². The molecule has 0 aliphatic heterocycles. The van der Waals surface area contributed by atoms with Gasteiger partial charge in [-0.3, -0.25) is 0 Å². The van der Waals surface area contributed by atoms with Gasteiger partial charge in [0.15, 0.2) is 0 Å². The SMILES string of the molecule is CCCCc1ccc(C(=O)OC)c(C)c1C[SH](=O)=O. The molecule has 0 atom stereocenters. The molecule has 0 unspecified atom stereocenters. The Balaban J connectivity index is 3.26. The zero-order valence-electron chi connectivity index (χ0n) is 11.6. The predicted molar refractivity (Wildman–Crippen MR) is 75.1 cm³/mol. The summed E-state index contributed by atoms with van der Waals surface area (Å²) in [6.07, 6.45) is 2.87. The third kappa shape index (κ3) is 4.06. The largest absolute Gasteiger partial charge is 0.465 e. The van der Waals surface area contributed by atoms with Crippen molar-refractivity contribution < 1.29 is 17.9 Å².